The summed E-state index contributed by atoms with van der Waals surface area (Å²) in [5.74, 6) is 0. The van der Waals surface area contributed by atoms with Crippen LogP contribution in [0.1, 0.15) is 17.3 Å². The fraction of sp³-hybridized carbons (Fsp3) is 0.412. The number of aromatic nitrogens is 2. The van der Waals surface area contributed by atoms with Crippen LogP contribution in [-0.4, -0.2) is 52.8 Å². The van der Waals surface area contributed by atoms with Gasteiger partial charge in [0.2, 0.25) is 0 Å². The highest BCUT2D eigenvalue weighted by Gasteiger charge is 2.26. The van der Waals surface area contributed by atoms with Gasteiger partial charge in [0.05, 0.1) is 11.7 Å². The number of nitrogens with one attached hydrogen (secondary N) is 1. The number of hydrogen-bond donors (Lipinski definition) is 1. The molecule has 1 aromatic carbocycles. The second-order valence-corrected chi connectivity index (χ2v) is 6.16. The predicted octanol–water partition coefficient (Wildman–Crippen LogP) is 1.71. The molecule has 2 heterocycles. The van der Waals surface area contributed by atoms with Crippen molar-refractivity contribution in [2.45, 2.75) is 19.1 Å². The molecule has 1 atom stereocenters. The Morgan fingerprint density at radius 3 is 2.83 bits per heavy atom. The van der Waals surface area contributed by atoms with Crippen LogP contribution in [0, 0.1) is 0 Å². The monoisotopic (exact) mass is 313 g/mol. The van der Waals surface area contributed by atoms with Crippen LogP contribution in [0.4, 0.5) is 4.79 Å². The average molecular weight is 313 g/mol. The number of urea groups is 1. The highest BCUT2D eigenvalue weighted by molar-refractivity contribution is 5.73. The molecule has 122 valence electrons. The van der Waals surface area contributed by atoms with Crippen molar-refractivity contribution in [3.05, 3.63) is 53.9 Å². The van der Waals surface area contributed by atoms with Crippen LogP contribution in [0.5, 0.6) is 0 Å². The first-order chi connectivity index (χ1) is 11.1. The van der Waals surface area contributed by atoms with Gasteiger partial charge in [0.25, 0.3) is 0 Å². The van der Waals surface area contributed by atoms with E-state index >= 15 is 0 Å². The largest absolute Gasteiger partial charge is 0.336 e. The first-order valence-electron chi connectivity index (χ1n) is 7.87. The number of hydrogen-bond acceptors (Lipinski definition) is 3. The van der Waals surface area contributed by atoms with Crippen LogP contribution in [0.3, 0.4) is 0 Å². The second kappa shape index (κ2) is 6.83. The van der Waals surface area contributed by atoms with Gasteiger partial charge in [0, 0.05) is 46.5 Å². The maximum absolute atomic E-state index is 11.8. The molecule has 6 nitrogen and oxygen atoms in total. The van der Waals surface area contributed by atoms with Gasteiger partial charge in [0.1, 0.15) is 0 Å². The Hall–Kier alpha value is -2.34. The zero-order valence-corrected chi connectivity index (χ0v) is 13.6. The van der Waals surface area contributed by atoms with Gasteiger partial charge in [-0.25, -0.2) is 4.79 Å². The maximum atomic E-state index is 11.8. The van der Waals surface area contributed by atoms with E-state index in [2.05, 4.69) is 45.6 Å². The summed E-state index contributed by atoms with van der Waals surface area (Å²) in [6, 6.07) is 12.6. The van der Waals surface area contributed by atoms with Crippen molar-refractivity contribution in [3.8, 4) is 0 Å². The minimum atomic E-state index is -0.0705. The third kappa shape index (κ3) is 3.71. The molecule has 0 aliphatic carbocycles. The van der Waals surface area contributed by atoms with E-state index in [9.17, 15) is 4.79 Å². The average Bonchev–Trinajstić information content (AvgIpc) is 3.01. The molecule has 3 rings (SSSR count). The van der Waals surface area contributed by atoms with Crippen molar-refractivity contribution >= 4 is 6.03 Å². The minimum Gasteiger partial charge on any atom is -0.336 e. The normalized spacial score (nSPS) is 17.6. The Balaban J connectivity index is 1.68. The van der Waals surface area contributed by atoms with Crippen molar-refractivity contribution < 1.29 is 4.79 Å². The van der Waals surface area contributed by atoms with E-state index in [1.807, 2.05) is 16.9 Å². The first-order valence-corrected chi connectivity index (χ1v) is 7.87. The quantitative estimate of drug-likeness (QED) is 0.935. The molecule has 0 bridgehead atoms. The molecule has 1 aromatic heterocycles. The molecule has 6 heteroatoms. The molecule has 2 aromatic rings. The summed E-state index contributed by atoms with van der Waals surface area (Å²) in [5, 5.41) is 7.39. The minimum absolute atomic E-state index is 0.0705. The lowest BCUT2D eigenvalue weighted by atomic mass is 10.1. The Bertz CT molecular complexity index is 652. The van der Waals surface area contributed by atoms with Crippen LogP contribution in [0.25, 0.3) is 0 Å². The maximum Gasteiger partial charge on any atom is 0.316 e. The first kappa shape index (κ1) is 15.6. The van der Waals surface area contributed by atoms with Crippen molar-refractivity contribution in [2.24, 2.45) is 0 Å². The highest BCUT2D eigenvalue weighted by atomic mass is 16.2. The van der Waals surface area contributed by atoms with Crippen LogP contribution < -0.4 is 5.32 Å². The van der Waals surface area contributed by atoms with E-state index in [1.54, 1.807) is 19.0 Å². The topological polar surface area (TPSA) is 53.4 Å². The number of carbonyl (C=O) groups excluding carboxylic acids is 1. The Morgan fingerprint density at radius 1 is 1.30 bits per heavy atom. The summed E-state index contributed by atoms with van der Waals surface area (Å²) >= 11 is 0. The summed E-state index contributed by atoms with van der Waals surface area (Å²) in [6.45, 7) is 3.24. The number of carbonyl (C=O) groups is 1. The van der Waals surface area contributed by atoms with Crippen LogP contribution in [-0.2, 0) is 13.1 Å². The zero-order chi connectivity index (χ0) is 16.2. The summed E-state index contributed by atoms with van der Waals surface area (Å²) in [6.07, 6.45) is 1.84. The van der Waals surface area contributed by atoms with E-state index in [0.717, 1.165) is 19.6 Å². The lowest BCUT2D eigenvalue weighted by Gasteiger charge is -2.34. The van der Waals surface area contributed by atoms with Crippen molar-refractivity contribution in [1.82, 2.24) is 24.9 Å². The van der Waals surface area contributed by atoms with Crippen LogP contribution in [0.15, 0.2) is 42.6 Å². The molecule has 1 aliphatic heterocycles. The molecular formula is C17H23N5O. The predicted molar refractivity (Wildman–Crippen MR) is 88.9 cm³/mol. The molecule has 1 aliphatic rings. The van der Waals surface area contributed by atoms with Gasteiger partial charge in [-0.2, -0.15) is 5.10 Å². The van der Waals surface area contributed by atoms with Gasteiger partial charge in [-0.3, -0.25) is 9.58 Å². The fourth-order valence-electron chi connectivity index (χ4n) is 2.94. The molecule has 0 saturated heterocycles. The van der Waals surface area contributed by atoms with Gasteiger partial charge in [-0.1, -0.05) is 30.3 Å². The van der Waals surface area contributed by atoms with Crippen LogP contribution >= 0.6 is 0 Å². The Morgan fingerprint density at radius 2 is 2.09 bits per heavy atom. The van der Waals surface area contributed by atoms with Gasteiger partial charge < -0.3 is 10.2 Å². The molecule has 0 unspecified atom stereocenters. The van der Waals surface area contributed by atoms with Gasteiger partial charge in [0.15, 0.2) is 0 Å². The molecule has 1 N–H and O–H groups in total. The van der Waals surface area contributed by atoms with E-state index in [4.69, 9.17) is 0 Å². The number of amides is 2. The lowest BCUT2D eigenvalue weighted by Crippen LogP contribution is -2.44. The van der Waals surface area contributed by atoms with E-state index in [1.165, 1.54) is 11.3 Å². The van der Waals surface area contributed by atoms with Crippen molar-refractivity contribution in [2.75, 3.05) is 27.2 Å². The zero-order valence-electron chi connectivity index (χ0n) is 13.6. The summed E-state index contributed by atoms with van der Waals surface area (Å²) < 4.78 is 2.04. The SMILES string of the molecule is CN(C)C(=O)NC[C@@H]1CN(Cc2ccccc2)Cc2ccnn21. The van der Waals surface area contributed by atoms with E-state index in [0.29, 0.717) is 6.54 Å². The van der Waals surface area contributed by atoms with Gasteiger partial charge >= 0.3 is 6.03 Å². The molecule has 0 radical (unpaired) electrons. The Labute approximate surface area is 136 Å². The summed E-state index contributed by atoms with van der Waals surface area (Å²) in [4.78, 5) is 15.7. The fourth-order valence-corrected chi connectivity index (χ4v) is 2.94. The summed E-state index contributed by atoms with van der Waals surface area (Å²) in [5.41, 5.74) is 2.49. The number of nitrogens with zero attached hydrogens (tertiary/aromatic N) is 4. The Kier molecular flexibility index (Phi) is 4.62. The van der Waals surface area contributed by atoms with Gasteiger partial charge in [-0.15, -0.1) is 0 Å². The third-order valence-corrected chi connectivity index (χ3v) is 4.10. The van der Waals surface area contributed by atoms with Crippen LogP contribution in [0.2, 0.25) is 0 Å². The molecular weight excluding hydrogens is 290 g/mol. The molecule has 0 fully saturated rings. The third-order valence-electron chi connectivity index (χ3n) is 4.10. The number of fused-ring (bicyclic) bond motifs is 1. The van der Waals surface area contributed by atoms with Crippen molar-refractivity contribution in [1.29, 1.82) is 0 Å². The van der Waals surface area contributed by atoms with Crippen molar-refractivity contribution in [3.63, 3.8) is 0 Å². The number of rotatable bonds is 4. The second-order valence-electron chi connectivity index (χ2n) is 6.16. The van der Waals surface area contributed by atoms with E-state index in [-0.39, 0.29) is 12.1 Å². The lowest BCUT2D eigenvalue weighted by molar-refractivity contribution is 0.162. The smallest absolute Gasteiger partial charge is 0.316 e. The highest BCUT2D eigenvalue weighted by Crippen LogP contribution is 2.21. The molecule has 23 heavy (non-hydrogen) atoms. The van der Waals surface area contributed by atoms with E-state index < -0.39 is 0 Å². The van der Waals surface area contributed by atoms with Gasteiger partial charge in [-0.05, 0) is 11.6 Å². The summed E-state index contributed by atoms with van der Waals surface area (Å²) in [7, 11) is 3.49. The standard InChI is InChI=1S/C17H23N5O/c1-20(2)17(23)18-10-16-13-21(11-14-6-4-3-5-7-14)12-15-8-9-19-22(15)16/h3-9,16H,10-13H2,1-2H3,(H,18,23)/t16-/m1/s1. The molecule has 0 saturated carbocycles. The number of benzene rings is 1. The molecule has 0 spiro atoms. The molecule has 2 amide bonds.